The van der Waals surface area contributed by atoms with Gasteiger partial charge in [0.05, 0.1) is 26.7 Å². The molecule has 1 aromatic carbocycles. The van der Waals surface area contributed by atoms with Gasteiger partial charge in [-0.05, 0) is 19.9 Å². The van der Waals surface area contributed by atoms with Gasteiger partial charge >= 0.3 is 0 Å². The molecule has 0 bridgehead atoms. The summed E-state index contributed by atoms with van der Waals surface area (Å²) in [6.07, 6.45) is 0.141. The van der Waals surface area contributed by atoms with Crippen molar-refractivity contribution in [2.24, 2.45) is 0 Å². The van der Waals surface area contributed by atoms with Crippen molar-refractivity contribution in [2.45, 2.75) is 38.9 Å². The van der Waals surface area contributed by atoms with Crippen LogP contribution in [0.25, 0.3) is 0 Å². The molecule has 2 N–H and O–H groups in total. The number of hydrogen-bond donors (Lipinski definition) is 2. The predicted octanol–water partition coefficient (Wildman–Crippen LogP) is 0.919. The third kappa shape index (κ3) is 5.09. The van der Waals surface area contributed by atoms with Gasteiger partial charge in [-0.3, -0.25) is 14.5 Å². The fourth-order valence-electron chi connectivity index (χ4n) is 2.93. The van der Waals surface area contributed by atoms with Crippen molar-refractivity contribution in [3.05, 3.63) is 23.8 Å². The Morgan fingerprint density at radius 1 is 1.36 bits per heavy atom. The Labute approximate surface area is 148 Å². The number of hydrogen-bond acceptors (Lipinski definition) is 5. The molecule has 1 heterocycles. The number of ether oxygens (including phenoxy) is 2. The molecule has 0 aromatic heterocycles. The summed E-state index contributed by atoms with van der Waals surface area (Å²) >= 11 is 0. The Balaban J connectivity index is 2.14. The van der Waals surface area contributed by atoms with E-state index in [9.17, 15) is 9.59 Å². The average Bonchev–Trinajstić information content (AvgIpc) is 2.57. The van der Waals surface area contributed by atoms with Gasteiger partial charge in [0.1, 0.15) is 11.5 Å². The molecule has 2 amide bonds. The molecule has 0 aliphatic carbocycles. The summed E-state index contributed by atoms with van der Waals surface area (Å²) in [7, 11) is 3.21. The number of nitrogens with zero attached hydrogens (tertiary/aromatic N) is 1. The Kier molecular flexibility index (Phi) is 6.64. The Morgan fingerprint density at radius 2 is 2.12 bits per heavy atom. The van der Waals surface area contributed by atoms with Gasteiger partial charge in [-0.25, -0.2) is 0 Å². The van der Waals surface area contributed by atoms with Gasteiger partial charge in [0.15, 0.2) is 0 Å². The highest BCUT2D eigenvalue weighted by molar-refractivity contribution is 5.88. The number of rotatable bonds is 7. The summed E-state index contributed by atoms with van der Waals surface area (Å²) in [6, 6.07) is 5.17. The number of piperazine rings is 1. The van der Waals surface area contributed by atoms with Gasteiger partial charge in [0, 0.05) is 37.3 Å². The summed E-state index contributed by atoms with van der Waals surface area (Å²) in [5, 5.41) is 5.69. The Bertz CT molecular complexity index is 618. The smallest absolute Gasteiger partial charge is 0.237 e. The fraction of sp³-hybridized carbons (Fsp3) is 0.556. The van der Waals surface area contributed by atoms with Crippen LogP contribution in [0.4, 0.5) is 0 Å². The minimum Gasteiger partial charge on any atom is -0.497 e. The van der Waals surface area contributed by atoms with Crippen LogP contribution in [0, 0.1) is 0 Å². The lowest BCUT2D eigenvalue weighted by molar-refractivity contribution is -0.134. The molecule has 1 aliphatic rings. The molecule has 2 rings (SSSR count). The lowest BCUT2D eigenvalue weighted by Crippen LogP contribution is -2.56. The van der Waals surface area contributed by atoms with Gasteiger partial charge in [-0.15, -0.1) is 0 Å². The van der Waals surface area contributed by atoms with E-state index in [1.165, 1.54) is 0 Å². The molecule has 7 nitrogen and oxygen atoms in total. The summed E-state index contributed by atoms with van der Waals surface area (Å²) in [4.78, 5) is 26.4. The minimum atomic E-state index is -0.487. The highest BCUT2D eigenvalue weighted by atomic mass is 16.5. The van der Waals surface area contributed by atoms with Crippen LogP contribution in [0.5, 0.6) is 11.5 Å². The number of benzene rings is 1. The van der Waals surface area contributed by atoms with Gasteiger partial charge in [-0.1, -0.05) is 6.07 Å². The maximum absolute atomic E-state index is 12.3. The average molecular weight is 349 g/mol. The summed E-state index contributed by atoms with van der Waals surface area (Å²) in [5.41, 5.74) is 0.951. The van der Waals surface area contributed by atoms with E-state index in [-0.39, 0.29) is 24.3 Å². The van der Waals surface area contributed by atoms with Gasteiger partial charge < -0.3 is 20.1 Å². The number of carbonyl (C=O) groups excluding carboxylic acids is 2. The molecule has 1 saturated heterocycles. The normalized spacial score (nSPS) is 18.0. The van der Waals surface area contributed by atoms with Crippen molar-refractivity contribution in [3.8, 4) is 11.5 Å². The molecule has 7 heteroatoms. The molecule has 0 spiro atoms. The lowest BCUT2D eigenvalue weighted by Gasteiger charge is -2.35. The number of methoxy groups -OCH3 is 2. The topological polar surface area (TPSA) is 79.9 Å². The molecule has 1 aromatic rings. The zero-order valence-electron chi connectivity index (χ0n) is 15.3. The third-order valence-corrected chi connectivity index (χ3v) is 4.14. The van der Waals surface area contributed by atoms with Gasteiger partial charge in [0.2, 0.25) is 11.8 Å². The molecule has 1 fully saturated rings. The van der Waals surface area contributed by atoms with E-state index < -0.39 is 6.04 Å². The molecular weight excluding hydrogens is 322 g/mol. The van der Waals surface area contributed by atoms with Crippen LogP contribution in [0.1, 0.15) is 25.8 Å². The summed E-state index contributed by atoms with van der Waals surface area (Å²) < 4.78 is 10.7. The van der Waals surface area contributed by atoms with Crippen LogP contribution in [0.2, 0.25) is 0 Å². The first-order valence-electron chi connectivity index (χ1n) is 8.46. The highest BCUT2D eigenvalue weighted by Gasteiger charge is 2.32. The zero-order valence-corrected chi connectivity index (χ0v) is 15.3. The molecule has 25 heavy (non-hydrogen) atoms. The van der Waals surface area contributed by atoms with E-state index in [2.05, 4.69) is 10.6 Å². The largest absolute Gasteiger partial charge is 0.497 e. The first-order valence-corrected chi connectivity index (χ1v) is 8.46. The number of carbonyl (C=O) groups is 2. The molecular formula is C18H27N3O4. The minimum absolute atomic E-state index is 0.0503. The van der Waals surface area contributed by atoms with E-state index in [1.807, 2.05) is 36.9 Å². The van der Waals surface area contributed by atoms with Crippen molar-refractivity contribution in [1.29, 1.82) is 0 Å². The van der Waals surface area contributed by atoms with Crippen LogP contribution in [-0.2, 0) is 16.1 Å². The standard InChI is InChI=1S/C18H27N3O4/c1-12(2)20-17(22)10-15-18(23)19-7-8-21(15)11-13-5-6-14(24-3)9-16(13)25-4/h5-6,9,12,15H,7-8,10-11H2,1-4H3,(H,19,23)(H,20,22)/t15-/m0/s1. The van der Waals surface area contributed by atoms with Crippen molar-refractivity contribution in [2.75, 3.05) is 27.3 Å². The van der Waals surface area contributed by atoms with Crippen molar-refractivity contribution in [3.63, 3.8) is 0 Å². The maximum Gasteiger partial charge on any atom is 0.237 e. The summed E-state index contributed by atoms with van der Waals surface area (Å²) in [5.74, 6) is 1.18. The maximum atomic E-state index is 12.3. The van der Waals surface area contributed by atoms with E-state index in [1.54, 1.807) is 14.2 Å². The van der Waals surface area contributed by atoms with Crippen molar-refractivity contribution < 1.29 is 19.1 Å². The van der Waals surface area contributed by atoms with E-state index in [0.29, 0.717) is 31.1 Å². The summed E-state index contributed by atoms with van der Waals surface area (Å²) in [6.45, 7) is 5.58. The van der Waals surface area contributed by atoms with Crippen molar-refractivity contribution >= 4 is 11.8 Å². The second-order valence-corrected chi connectivity index (χ2v) is 6.38. The molecule has 1 atom stereocenters. The molecule has 0 radical (unpaired) electrons. The van der Waals surface area contributed by atoms with Crippen LogP contribution < -0.4 is 20.1 Å². The Morgan fingerprint density at radius 3 is 2.76 bits per heavy atom. The number of nitrogens with one attached hydrogen (secondary N) is 2. The van der Waals surface area contributed by atoms with Crippen LogP contribution in [-0.4, -0.2) is 56.1 Å². The van der Waals surface area contributed by atoms with Gasteiger partial charge in [-0.2, -0.15) is 0 Å². The quantitative estimate of drug-likeness (QED) is 0.765. The van der Waals surface area contributed by atoms with E-state index in [4.69, 9.17) is 9.47 Å². The SMILES string of the molecule is COc1ccc(CN2CCNC(=O)[C@@H]2CC(=O)NC(C)C)c(OC)c1. The van der Waals surface area contributed by atoms with E-state index >= 15 is 0 Å². The third-order valence-electron chi connectivity index (χ3n) is 4.14. The monoisotopic (exact) mass is 349 g/mol. The first kappa shape index (κ1) is 19.1. The van der Waals surface area contributed by atoms with Crippen molar-refractivity contribution in [1.82, 2.24) is 15.5 Å². The molecule has 0 unspecified atom stereocenters. The number of amides is 2. The van der Waals surface area contributed by atoms with Crippen LogP contribution in [0.15, 0.2) is 18.2 Å². The second-order valence-electron chi connectivity index (χ2n) is 6.38. The second kappa shape index (κ2) is 8.71. The first-order chi connectivity index (χ1) is 11.9. The highest BCUT2D eigenvalue weighted by Crippen LogP contribution is 2.27. The van der Waals surface area contributed by atoms with Gasteiger partial charge in [0.25, 0.3) is 0 Å². The van der Waals surface area contributed by atoms with Crippen LogP contribution >= 0.6 is 0 Å². The van der Waals surface area contributed by atoms with E-state index in [0.717, 1.165) is 5.56 Å². The molecule has 1 aliphatic heterocycles. The lowest BCUT2D eigenvalue weighted by atomic mass is 10.1. The zero-order chi connectivity index (χ0) is 18.4. The predicted molar refractivity (Wildman–Crippen MR) is 94.6 cm³/mol. The Hall–Kier alpha value is -2.28. The fourth-order valence-corrected chi connectivity index (χ4v) is 2.93. The molecule has 138 valence electrons. The molecule has 0 saturated carbocycles. The van der Waals surface area contributed by atoms with Crippen LogP contribution in [0.3, 0.4) is 0 Å².